The minimum atomic E-state index is 0.616. The van der Waals surface area contributed by atoms with E-state index in [4.69, 9.17) is 23.7 Å². The van der Waals surface area contributed by atoms with Crippen molar-refractivity contribution in [1.82, 2.24) is 0 Å². The maximum atomic E-state index is 5.71. The zero-order valence-corrected chi connectivity index (χ0v) is 19.0. The van der Waals surface area contributed by atoms with Gasteiger partial charge in [-0.15, -0.1) is 0 Å². The van der Waals surface area contributed by atoms with Crippen LogP contribution in [0.3, 0.4) is 0 Å². The second-order valence-corrected chi connectivity index (χ2v) is 7.83. The van der Waals surface area contributed by atoms with Crippen molar-refractivity contribution in [3.63, 3.8) is 0 Å². The van der Waals surface area contributed by atoms with Crippen LogP contribution in [0.5, 0.6) is 28.7 Å². The van der Waals surface area contributed by atoms with E-state index >= 15 is 0 Å². The third-order valence-electron chi connectivity index (χ3n) is 5.73. The van der Waals surface area contributed by atoms with Gasteiger partial charge in [-0.1, -0.05) is 30.3 Å². The molecule has 0 unspecified atom stereocenters. The van der Waals surface area contributed by atoms with Gasteiger partial charge in [-0.3, -0.25) is 0 Å². The normalized spacial score (nSPS) is 12.3. The van der Waals surface area contributed by atoms with Crippen LogP contribution in [0.25, 0.3) is 0 Å². The van der Waals surface area contributed by atoms with Gasteiger partial charge in [0.1, 0.15) is 13.2 Å². The molecule has 0 spiro atoms. The first-order valence-corrected chi connectivity index (χ1v) is 11.0. The second-order valence-electron chi connectivity index (χ2n) is 7.83. The molecule has 0 aliphatic carbocycles. The molecule has 4 rings (SSSR count). The predicted octanol–water partition coefficient (Wildman–Crippen LogP) is 5.05. The molecule has 0 aromatic heterocycles. The lowest BCUT2D eigenvalue weighted by Gasteiger charge is -2.18. The highest BCUT2D eigenvalue weighted by Gasteiger charge is 2.14. The molecular weight excluding hydrogens is 404 g/mol. The van der Waals surface area contributed by atoms with Gasteiger partial charge in [-0.25, -0.2) is 0 Å². The highest BCUT2D eigenvalue weighted by atomic mass is 16.6. The molecular formula is C27H30O5. The van der Waals surface area contributed by atoms with Crippen molar-refractivity contribution < 1.29 is 23.7 Å². The summed E-state index contributed by atoms with van der Waals surface area (Å²) in [6.45, 7) is 1.24. The largest absolute Gasteiger partial charge is 0.493 e. The molecule has 1 aliphatic rings. The van der Waals surface area contributed by atoms with E-state index in [0.29, 0.717) is 30.5 Å². The number of benzene rings is 3. The number of rotatable bonds is 9. The van der Waals surface area contributed by atoms with Gasteiger partial charge in [0.2, 0.25) is 5.75 Å². The molecule has 32 heavy (non-hydrogen) atoms. The van der Waals surface area contributed by atoms with Gasteiger partial charge in [0.25, 0.3) is 0 Å². The van der Waals surface area contributed by atoms with Crippen LogP contribution in [0.2, 0.25) is 0 Å². The van der Waals surface area contributed by atoms with E-state index in [1.54, 1.807) is 21.3 Å². The summed E-state index contributed by atoms with van der Waals surface area (Å²) >= 11 is 0. The number of hydrogen-bond acceptors (Lipinski definition) is 5. The van der Waals surface area contributed by atoms with Crippen LogP contribution in [0, 0.1) is 0 Å². The Labute approximate surface area is 189 Å². The van der Waals surface area contributed by atoms with Gasteiger partial charge >= 0.3 is 0 Å². The fourth-order valence-corrected chi connectivity index (χ4v) is 4.04. The number of fused-ring (bicyclic) bond motifs is 1. The van der Waals surface area contributed by atoms with Crippen LogP contribution in [0.15, 0.2) is 54.6 Å². The molecule has 0 N–H and O–H groups in total. The van der Waals surface area contributed by atoms with Crippen molar-refractivity contribution in [1.29, 1.82) is 0 Å². The lowest BCUT2D eigenvalue weighted by Crippen LogP contribution is -2.15. The molecule has 0 radical (unpaired) electrons. The Balaban J connectivity index is 1.39. The molecule has 0 bridgehead atoms. The number of ether oxygens (including phenoxy) is 5. The van der Waals surface area contributed by atoms with Crippen LogP contribution in [-0.4, -0.2) is 34.5 Å². The fourth-order valence-electron chi connectivity index (χ4n) is 4.04. The van der Waals surface area contributed by atoms with Crippen molar-refractivity contribution in [2.45, 2.75) is 25.7 Å². The molecule has 5 heteroatoms. The van der Waals surface area contributed by atoms with Gasteiger partial charge in [-0.05, 0) is 72.2 Å². The zero-order chi connectivity index (χ0) is 22.3. The van der Waals surface area contributed by atoms with E-state index < -0.39 is 0 Å². The first-order valence-electron chi connectivity index (χ1n) is 11.0. The summed E-state index contributed by atoms with van der Waals surface area (Å²) in [5, 5.41) is 0. The summed E-state index contributed by atoms with van der Waals surface area (Å²) in [6, 6.07) is 19.1. The number of aryl methyl sites for hydroxylation is 4. The average molecular weight is 435 g/mol. The molecule has 1 heterocycles. The molecule has 0 amide bonds. The minimum absolute atomic E-state index is 0.616. The lowest BCUT2D eigenvalue weighted by molar-refractivity contribution is 0.171. The van der Waals surface area contributed by atoms with Gasteiger partial charge in [0.15, 0.2) is 23.0 Å². The minimum Gasteiger partial charge on any atom is -0.493 e. The van der Waals surface area contributed by atoms with E-state index in [2.05, 4.69) is 36.4 Å². The monoisotopic (exact) mass is 434 g/mol. The van der Waals surface area contributed by atoms with Crippen molar-refractivity contribution >= 4 is 0 Å². The van der Waals surface area contributed by atoms with Gasteiger partial charge in [0, 0.05) is 0 Å². The van der Waals surface area contributed by atoms with Crippen LogP contribution in [0.4, 0.5) is 0 Å². The van der Waals surface area contributed by atoms with Crippen molar-refractivity contribution in [2.75, 3.05) is 34.5 Å². The Morgan fingerprint density at radius 1 is 0.594 bits per heavy atom. The maximum absolute atomic E-state index is 5.71. The Hall–Kier alpha value is -3.34. The highest BCUT2D eigenvalue weighted by molar-refractivity contribution is 5.54. The van der Waals surface area contributed by atoms with Crippen LogP contribution < -0.4 is 23.7 Å². The molecule has 0 saturated carbocycles. The topological polar surface area (TPSA) is 46.2 Å². The van der Waals surface area contributed by atoms with E-state index in [-0.39, 0.29) is 0 Å². The van der Waals surface area contributed by atoms with E-state index in [1.807, 2.05) is 18.2 Å². The SMILES string of the molecule is COc1cc(CCc2cccc(CCc3ccc4c(c3)OCCO4)c2)cc(OC)c1OC. The summed E-state index contributed by atoms with van der Waals surface area (Å²) in [7, 11) is 4.91. The number of methoxy groups -OCH3 is 3. The van der Waals surface area contributed by atoms with Gasteiger partial charge in [-0.2, -0.15) is 0 Å². The molecule has 0 saturated heterocycles. The third-order valence-corrected chi connectivity index (χ3v) is 5.73. The predicted molar refractivity (Wildman–Crippen MR) is 125 cm³/mol. The van der Waals surface area contributed by atoms with Crippen molar-refractivity contribution in [2.24, 2.45) is 0 Å². The Morgan fingerprint density at radius 2 is 1.16 bits per heavy atom. The Morgan fingerprint density at radius 3 is 1.75 bits per heavy atom. The summed E-state index contributed by atoms with van der Waals surface area (Å²) in [5.41, 5.74) is 5.07. The zero-order valence-electron chi connectivity index (χ0n) is 19.0. The first kappa shape index (κ1) is 21.9. The molecule has 0 fully saturated rings. The van der Waals surface area contributed by atoms with Crippen LogP contribution in [-0.2, 0) is 25.7 Å². The third kappa shape index (κ3) is 5.10. The van der Waals surface area contributed by atoms with E-state index in [1.165, 1.54) is 16.7 Å². The Kier molecular flexibility index (Phi) is 7.05. The van der Waals surface area contributed by atoms with E-state index in [9.17, 15) is 0 Å². The van der Waals surface area contributed by atoms with Crippen LogP contribution in [0.1, 0.15) is 22.3 Å². The molecule has 3 aromatic rings. The quantitative estimate of drug-likeness (QED) is 0.471. The first-order chi connectivity index (χ1) is 15.7. The molecule has 5 nitrogen and oxygen atoms in total. The average Bonchev–Trinajstić information content (AvgIpc) is 2.85. The summed E-state index contributed by atoms with van der Waals surface area (Å²) < 4.78 is 27.7. The van der Waals surface area contributed by atoms with Crippen molar-refractivity contribution in [3.8, 4) is 28.7 Å². The molecule has 168 valence electrons. The summed E-state index contributed by atoms with van der Waals surface area (Å²) in [6.07, 6.45) is 3.78. The number of hydrogen-bond donors (Lipinski definition) is 0. The summed E-state index contributed by atoms with van der Waals surface area (Å²) in [4.78, 5) is 0. The van der Waals surface area contributed by atoms with Gasteiger partial charge < -0.3 is 23.7 Å². The smallest absolute Gasteiger partial charge is 0.203 e. The summed E-state index contributed by atoms with van der Waals surface area (Å²) in [5.74, 6) is 3.70. The van der Waals surface area contributed by atoms with E-state index in [0.717, 1.165) is 42.7 Å². The fraction of sp³-hybridized carbons (Fsp3) is 0.333. The highest BCUT2D eigenvalue weighted by Crippen LogP contribution is 2.38. The van der Waals surface area contributed by atoms with Crippen molar-refractivity contribution in [3.05, 3.63) is 76.9 Å². The Bertz CT molecular complexity index is 1030. The second kappa shape index (κ2) is 10.3. The maximum Gasteiger partial charge on any atom is 0.203 e. The van der Waals surface area contributed by atoms with Crippen LogP contribution >= 0.6 is 0 Å². The molecule has 0 atom stereocenters. The standard InChI is InChI=1S/C27H30O5/c1-28-25-17-22(18-26(29-2)27(25)30-3)10-9-20-6-4-5-19(15-20)7-8-21-11-12-23-24(16-21)32-14-13-31-23/h4-6,11-12,15-18H,7-10,13-14H2,1-3H3. The lowest BCUT2D eigenvalue weighted by atomic mass is 9.99. The molecule has 1 aliphatic heterocycles. The van der Waals surface area contributed by atoms with Gasteiger partial charge in [0.05, 0.1) is 21.3 Å². The molecule has 3 aromatic carbocycles.